The Morgan fingerprint density at radius 1 is 1.21 bits per heavy atom. The standard InChI is InChI=1S/C15H28N2OS/c1-12-9-17(10-13(2)19-12)14(18)8-15(11-16)6-4-3-5-7-15/h12-13H,3-11,16H2,1-2H3. The molecule has 1 amide bonds. The van der Waals surface area contributed by atoms with Crippen LogP contribution in [0.1, 0.15) is 52.4 Å². The Balaban J connectivity index is 1.95. The molecule has 0 aromatic rings. The zero-order valence-electron chi connectivity index (χ0n) is 12.4. The highest BCUT2D eigenvalue weighted by molar-refractivity contribution is 8.00. The van der Waals surface area contributed by atoms with Crippen LogP contribution in [0.2, 0.25) is 0 Å². The van der Waals surface area contributed by atoms with Crippen molar-refractivity contribution in [1.82, 2.24) is 4.90 Å². The molecule has 1 heterocycles. The molecule has 19 heavy (non-hydrogen) atoms. The van der Waals surface area contributed by atoms with Crippen LogP contribution in [0.4, 0.5) is 0 Å². The Kier molecular flexibility index (Phi) is 5.18. The summed E-state index contributed by atoms with van der Waals surface area (Å²) in [6.45, 7) is 6.94. The number of nitrogens with two attached hydrogens (primary N) is 1. The number of thioether (sulfide) groups is 1. The zero-order valence-corrected chi connectivity index (χ0v) is 13.2. The van der Waals surface area contributed by atoms with E-state index < -0.39 is 0 Å². The van der Waals surface area contributed by atoms with Crippen molar-refractivity contribution in [3.8, 4) is 0 Å². The first-order chi connectivity index (χ1) is 9.04. The molecule has 2 unspecified atom stereocenters. The molecule has 0 bridgehead atoms. The Labute approximate surface area is 121 Å². The van der Waals surface area contributed by atoms with Gasteiger partial charge in [0.2, 0.25) is 5.91 Å². The van der Waals surface area contributed by atoms with Crippen LogP contribution in [0.15, 0.2) is 0 Å². The molecule has 3 nitrogen and oxygen atoms in total. The molecular formula is C15H28N2OS. The highest BCUT2D eigenvalue weighted by atomic mass is 32.2. The Hall–Kier alpha value is -0.220. The predicted octanol–water partition coefficient (Wildman–Crippen LogP) is 2.64. The number of carbonyl (C=O) groups excluding carboxylic acids is 1. The lowest BCUT2D eigenvalue weighted by Crippen LogP contribution is -2.47. The lowest BCUT2D eigenvalue weighted by Gasteiger charge is -2.40. The molecule has 2 fully saturated rings. The second kappa shape index (κ2) is 6.49. The van der Waals surface area contributed by atoms with E-state index in [1.165, 1.54) is 19.3 Å². The maximum Gasteiger partial charge on any atom is 0.223 e. The average Bonchev–Trinajstić information content (AvgIpc) is 2.38. The molecule has 1 aliphatic heterocycles. The van der Waals surface area contributed by atoms with Crippen molar-refractivity contribution in [3.05, 3.63) is 0 Å². The molecular weight excluding hydrogens is 256 g/mol. The second-order valence-electron chi connectivity index (χ2n) is 6.50. The molecule has 2 aliphatic rings. The highest BCUT2D eigenvalue weighted by Gasteiger charge is 2.35. The van der Waals surface area contributed by atoms with Crippen LogP contribution in [-0.2, 0) is 4.79 Å². The van der Waals surface area contributed by atoms with E-state index >= 15 is 0 Å². The fourth-order valence-corrected chi connectivity index (χ4v) is 4.89. The van der Waals surface area contributed by atoms with Crippen molar-refractivity contribution in [2.75, 3.05) is 19.6 Å². The van der Waals surface area contributed by atoms with Crippen molar-refractivity contribution in [2.45, 2.75) is 62.9 Å². The SMILES string of the molecule is CC1CN(C(=O)CC2(CN)CCCCC2)CC(C)S1. The van der Waals surface area contributed by atoms with Gasteiger partial charge < -0.3 is 10.6 Å². The lowest BCUT2D eigenvalue weighted by atomic mass is 9.71. The van der Waals surface area contributed by atoms with Gasteiger partial charge in [-0.1, -0.05) is 33.1 Å². The van der Waals surface area contributed by atoms with E-state index in [0.717, 1.165) is 25.9 Å². The van der Waals surface area contributed by atoms with E-state index in [1.54, 1.807) is 0 Å². The van der Waals surface area contributed by atoms with E-state index in [4.69, 9.17) is 5.73 Å². The van der Waals surface area contributed by atoms with Gasteiger partial charge in [0, 0.05) is 30.0 Å². The van der Waals surface area contributed by atoms with Gasteiger partial charge in [0.05, 0.1) is 0 Å². The summed E-state index contributed by atoms with van der Waals surface area (Å²) in [7, 11) is 0. The van der Waals surface area contributed by atoms with Crippen molar-refractivity contribution < 1.29 is 4.79 Å². The molecule has 0 radical (unpaired) electrons. The minimum atomic E-state index is 0.104. The molecule has 0 aromatic carbocycles. The average molecular weight is 284 g/mol. The quantitative estimate of drug-likeness (QED) is 0.866. The normalized spacial score (nSPS) is 31.2. The first-order valence-electron chi connectivity index (χ1n) is 7.68. The van der Waals surface area contributed by atoms with Crippen molar-refractivity contribution in [1.29, 1.82) is 0 Å². The van der Waals surface area contributed by atoms with E-state index in [0.29, 0.717) is 29.4 Å². The summed E-state index contributed by atoms with van der Waals surface area (Å²) in [4.78, 5) is 14.7. The number of hydrogen-bond acceptors (Lipinski definition) is 3. The molecule has 4 heteroatoms. The second-order valence-corrected chi connectivity index (χ2v) is 8.38. The smallest absolute Gasteiger partial charge is 0.223 e. The van der Waals surface area contributed by atoms with Crippen LogP contribution in [0.5, 0.6) is 0 Å². The van der Waals surface area contributed by atoms with Gasteiger partial charge in [-0.15, -0.1) is 0 Å². The molecule has 1 aliphatic carbocycles. The predicted molar refractivity (Wildman–Crippen MR) is 82.3 cm³/mol. The van der Waals surface area contributed by atoms with Crippen LogP contribution < -0.4 is 5.73 Å². The number of rotatable bonds is 3. The summed E-state index contributed by atoms with van der Waals surface area (Å²) < 4.78 is 0. The van der Waals surface area contributed by atoms with Gasteiger partial charge in [0.15, 0.2) is 0 Å². The molecule has 0 spiro atoms. The summed E-state index contributed by atoms with van der Waals surface area (Å²) in [6, 6.07) is 0. The summed E-state index contributed by atoms with van der Waals surface area (Å²) in [5.74, 6) is 0.339. The van der Waals surface area contributed by atoms with Gasteiger partial charge in [-0.2, -0.15) is 11.8 Å². The molecule has 2 atom stereocenters. The summed E-state index contributed by atoms with van der Waals surface area (Å²) >= 11 is 1.99. The van der Waals surface area contributed by atoms with Gasteiger partial charge >= 0.3 is 0 Å². The number of nitrogens with zero attached hydrogens (tertiary/aromatic N) is 1. The van der Waals surface area contributed by atoms with Crippen molar-refractivity contribution in [3.63, 3.8) is 0 Å². The molecule has 110 valence electrons. The van der Waals surface area contributed by atoms with Gasteiger partial charge in [0.25, 0.3) is 0 Å². The van der Waals surface area contributed by atoms with Crippen molar-refractivity contribution >= 4 is 17.7 Å². The number of hydrogen-bond donors (Lipinski definition) is 1. The van der Waals surface area contributed by atoms with Crippen LogP contribution >= 0.6 is 11.8 Å². The van der Waals surface area contributed by atoms with Crippen LogP contribution in [0.25, 0.3) is 0 Å². The first-order valence-corrected chi connectivity index (χ1v) is 8.62. The Bertz CT molecular complexity index is 305. The lowest BCUT2D eigenvalue weighted by molar-refractivity contribution is -0.134. The Morgan fingerprint density at radius 2 is 1.79 bits per heavy atom. The fraction of sp³-hybridized carbons (Fsp3) is 0.933. The maximum absolute atomic E-state index is 12.6. The third-order valence-electron chi connectivity index (χ3n) is 4.65. The van der Waals surface area contributed by atoms with Crippen molar-refractivity contribution in [2.24, 2.45) is 11.1 Å². The molecule has 0 aromatic heterocycles. The molecule has 2 rings (SSSR count). The van der Waals surface area contributed by atoms with Gasteiger partial charge in [-0.3, -0.25) is 4.79 Å². The largest absolute Gasteiger partial charge is 0.340 e. The van der Waals surface area contributed by atoms with E-state index in [1.807, 2.05) is 11.8 Å². The third-order valence-corrected chi connectivity index (χ3v) is 5.87. The summed E-state index contributed by atoms with van der Waals surface area (Å²) in [5, 5.41) is 1.13. The summed E-state index contributed by atoms with van der Waals surface area (Å²) in [5.41, 5.74) is 6.10. The molecule has 1 saturated heterocycles. The highest BCUT2D eigenvalue weighted by Crippen LogP contribution is 2.39. The van der Waals surface area contributed by atoms with Crippen LogP contribution in [0, 0.1) is 5.41 Å². The van der Waals surface area contributed by atoms with Gasteiger partial charge in [-0.05, 0) is 24.8 Å². The molecule has 1 saturated carbocycles. The number of amides is 1. The van der Waals surface area contributed by atoms with E-state index in [2.05, 4.69) is 18.7 Å². The minimum Gasteiger partial charge on any atom is -0.340 e. The van der Waals surface area contributed by atoms with Gasteiger partial charge in [-0.25, -0.2) is 0 Å². The maximum atomic E-state index is 12.6. The van der Waals surface area contributed by atoms with E-state index in [9.17, 15) is 4.79 Å². The van der Waals surface area contributed by atoms with Gasteiger partial charge in [0.1, 0.15) is 0 Å². The third kappa shape index (κ3) is 3.88. The topological polar surface area (TPSA) is 46.3 Å². The number of carbonyl (C=O) groups is 1. The molecule has 2 N–H and O–H groups in total. The fourth-order valence-electron chi connectivity index (χ4n) is 3.57. The first kappa shape index (κ1) is 15.2. The monoisotopic (exact) mass is 284 g/mol. The van der Waals surface area contributed by atoms with E-state index in [-0.39, 0.29) is 5.41 Å². The van der Waals surface area contributed by atoms with Crippen LogP contribution in [-0.4, -0.2) is 40.9 Å². The zero-order chi connectivity index (χ0) is 13.9. The summed E-state index contributed by atoms with van der Waals surface area (Å²) in [6.07, 6.45) is 6.75. The Morgan fingerprint density at radius 3 is 2.32 bits per heavy atom. The minimum absolute atomic E-state index is 0.104. The van der Waals surface area contributed by atoms with Crippen LogP contribution in [0.3, 0.4) is 0 Å².